The predicted molar refractivity (Wildman–Crippen MR) is 116 cm³/mol. The number of sulfone groups is 1. The number of aryl methyl sites for hydroxylation is 1. The standard InChI is InChI=1S/C20H21FN4O3S2/c1-12-16(13(2)25(24-12)20(3)7-8-30(27,28)11-20)10-17-18(23-19(26)29-17)22-15-6-4-5-14(21)9-15/h4-6,9-10H,7-8,11H2,1-3H3,(H,22,23,26)/b17-10-/t20-/m0/s1. The van der Waals surface area contributed by atoms with Crippen LogP contribution in [0.3, 0.4) is 0 Å². The van der Waals surface area contributed by atoms with Crippen molar-refractivity contribution in [2.75, 3.05) is 11.5 Å². The molecule has 2 aromatic rings. The van der Waals surface area contributed by atoms with Crippen molar-refractivity contribution < 1.29 is 17.6 Å². The summed E-state index contributed by atoms with van der Waals surface area (Å²) in [6.45, 7) is 5.64. The molecule has 2 fully saturated rings. The summed E-state index contributed by atoms with van der Waals surface area (Å²) in [7, 11) is -3.08. The van der Waals surface area contributed by atoms with E-state index in [1.807, 2.05) is 26.8 Å². The number of halogens is 1. The zero-order chi connectivity index (χ0) is 21.7. The van der Waals surface area contributed by atoms with E-state index in [1.54, 1.807) is 16.8 Å². The van der Waals surface area contributed by atoms with Crippen LogP contribution in [0.5, 0.6) is 0 Å². The van der Waals surface area contributed by atoms with Gasteiger partial charge in [-0.1, -0.05) is 6.07 Å². The lowest BCUT2D eigenvalue weighted by Gasteiger charge is -2.24. The Labute approximate surface area is 178 Å². The Morgan fingerprint density at radius 2 is 2.13 bits per heavy atom. The summed E-state index contributed by atoms with van der Waals surface area (Å²) >= 11 is 1.00. The molecule has 10 heteroatoms. The van der Waals surface area contributed by atoms with Crippen LogP contribution in [-0.4, -0.2) is 40.8 Å². The van der Waals surface area contributed by atoms with Gasteiger partial charge in [-0.3, -0.25) is 9.48 Å². The Balaban J connectivity index is 1.74. The topological polar surface area (TPSA) is 93.4 Å². The van der Waals surface area contributed by atoms with E-state index < -0.39 is 21.2 Å². The van der Waals surface area contributed by atoms with Gasteiger partial charge in [-0.15, -0.1) is 0 Å². The molecule has 2 aliphatic heterocycles. The Bertz CT molecular complexity index is 1220. The molecule has 0 aliphatic carbocycles. The fourth-order valence-corrected chi connectivity index (χ4v) is 6.70. The van der Waals surface area contributed by atoms with Gasteiger partial charge in [0.05, 0.1) is 33.3 Å². The van der Waals surface area contributed by atoms with Crippen molar-refractivity contribution in [1.29, 1.82) is 0 Å². The average molecular weight is 449 g/mol. The van der Waals surface area contributed by atoms with Crippen LogP contribution >= 0.6 is 11.8 Å². The van der Waals surface area contributed by atoms with E-state index in [2.05, 4.69) is 15.4 Å². The molecular weight excluding hydrogens is 427 g/mol. The lowest BCUT2D eigenvalue weighted by atomic mass is 10.0. The lowest BCUT2D eigenvalue weighted by Crippen LogP contribution is -2.33. The molecule has 1 atom stereocenters. The fraction of sp³-hybridized carbons (Fsp3) is 0.350. The van der Waals surface area contributed by atoms with E-state index >= 15 is 0 Å². The van der Waals surface area contributed by atoms with Crippen molar-refractivity contribution in [2.45, 2.75) is 32.7 Å². The molecule has 0 bridgehead atoms. The van der Waals surface area contributed by atoms with Crippen LogP contribution in [0.25, 0.3) is 6.08 Å². The quantitative estimate of drug-likeness (QED) is 0.773. The third-order valence-corrected chi connectivity index (χ3v) is 8.03. The number of nitrogens with zero attached hydrogens (tertiary/aromatic N) is 3. The molecule has 0 spiro atoms. The van der Waals surface area contributed by atoms with Crippen LogP contribution in [0.1, 0.15) is 30.3 Å². The number of amidine groups is 1. The number of rotatable bonds is 3. The number of hydrogen-bond donors (Lipinski definition) is 1. The summed E-state index contributed by atoms with van der Waals surface area (Å²) in [4.78, 5) is 17.0. The van der Waals surface area contributed by atoms with E-state index in [9.17, 15) is 17.6 Å². The van der Waals surface area contributed by atoms with Gasteiger partial charge < -0.3 is 5.32 Å². The normalized spacial score (nSPS) is 25.9. The second-order valence-corrected chi connectivity index (χ2v) is 11.0. The van der Waals surface area contributed by atoms with Gasteiger partial charge in [-0.2, -0.15) is 5.10 Å². The van der Waals surface area contributed by atoms with Gasteiger partial charge in [-0.25, -0.2) is 17.8 Å². The van der Waals surface area contributed by atoms with Crippen LogP contribution in [0.2, 0.25) is 0 Å². The number of aliphatic imine (C=N–C) groups is 1. The second kappa shape index (κ2) is 7.35. The van der Waals surface area contributed by atoms with Crippen LogP contribution in [0.4, 0.5) is 14.9 Å². The van der Waals surface area contributed by atoms with Crippen molar-refractivity contribution in [3.05, 3.63) is 51.9 Å². The number of thioether (sulfide) groups is 1. The first-order chi connectivity index (χ1) is 14.1. The average Bonchev–Trinajstić information content (AvgIpc) is 3.24. The fourth-order valence-electron chi connectivity index (χ4n) is 3.87. The van der Waals surface area contributed by atoms with Crippen molar-refractivity contribution in [1.82, 2.24) is 15.1 Å². The summed E-state index contributed by atoms with van der Waals surface area (Å²) in [6, 6.07) is 5.82. The highest BCUT2D eigenvalue weighted by Gasteiger charge is 2.41. The first kappa shape index (κ1) is 20.8. The molecule has 1 aromatic carbocycles. The zero-order valence-corrected chi connectivity index (χ0v) is 18.4. The molecule has 2 saturated heterocycles. The van der Waals surface area contributed by atoms with Gasteiger partial charge in [0.15, 0.2) is 9.84 Å². The van der Waals surface area contributed by atoms with Crippen LogP contribution in [-0.2, 0) is 15.4 Å². The summed E-state index contributed by atoms with van der Waals surface area (Å²) in [6.07, 6.45) is 2.33. The molecule has 1 N–H and O–H groups in total. The van der Waals surface area contributed by atoms with Gasteiger partial charge in [-0.05, 0) is 63.2 Å². The van der Waals surface area contributed by atoms with E-state index in [0.29, 0.717) is 22.8 Å². The van der Waals surface area contributed by atoms with Gasteiger partial charge in [0.2, 0.25) is 0 Å². The SMILES string of the molecule is Cc1nn([C@@]2(C)CCS(=O)(=O)C2)c(C)c1/C=C1\SC(=O)NC1=Nc1cccc(F)c1. The third kappa shape index (κ3) is 3.93. The molecule has 0 unspecified atom stereocenters. The first-order valence-electron chi connectivity index (χ1n) is 9.39. The molecule has 1 aromatic heterocycles. The molecule has 158 valence electrons. The number of carbonyl (C=O) groups excluding carboxylic acids is 1. The van der Waals surface area contributed by atoms with Crippen LogP contribution in [0, 0.1) is 19.7 Å². The van der Waals surface area contributed by atoms with Crippen LogP contribution in [0.15, 0.2) is 34.2 Å². The van der Waals surface area contributed by atoms with E-state index in [4.69, 9.17) is 0 Å². The molecular formula is C20H21FN4O3S2. The van der Waals surface area contributed by atoms with Crippen LogP contribution < -0.4 is 5.32 Å². The van der Waals surface area contributed by atoms with Gasteiger partial charge >= 0.3 is 0 Å². The number of carbonyl (C=O) groups is 1. The van der Waals surface area contributed by atoms with Crippen molar-refractivity contribution in [2.24, 2.45) is 4.99 Å². The minimum atomic E-state index is -3.08. The summed E-state index contributed by atoms with van der Waals surface area (Å²) in [5.41, 5.74) is 2.16. The van der Waals surface area contributed by atoms with E-state index in [-0.39, 0.29) is 16.7 Å². The molecule has 0 saturated carbocycles. The molecule has 1 amide bonds. The Kier molecular flexibility index (Phi) is 5.09. The molecule has 2 aliphatic rings. The highest BCUT2D eigenvalue weighted by atomic mass is 32.2. The second-order valence-electron chi connectivity index (χ2n) is 7.80. The zero-order valence-electron chi connectivity index (χ0n) is 16.8. The van der Waals surface area contributed by atoms with Gasteiger partial charge in [0, 0.05) is 11.3 Å². The van der Waals surface area contributed by atoms with Gasteiger partial charge in [0.25, 0.3) is 5.24 Å². The van der Waals surface area contributed by atoms with Gasteiger partial charge in [0.1, 0.15) is 11.7 Å². The number of aromatic nitrogens is 2. The summed E-state index contributed by atoms with van der Waals surface area (Å²) in [5.74, 6) is 0.139. The number of nitrogens with one attached hydrogen (secondary N) is 1. The monoisotopic (exact) mass is 448 g/mol. The Morgan fingerprint density at radius 1 is 1.37 bits per heavy atom. The molecule has 30 heavy (non-hydrogen) atoms. The number of benzene rings is 1. The largest absolute Gasteiger partial charge is 0.300 e. The molecule has 0 radical (unpaired) electrons. The molecule has 7 nitrogen and oxygen atoms in total. The number of amides is 1. The minimum Gasteiger partial charge on any atom is -0.300 e. The Hall–Kier alpha value is -2.46. The first-order valence-corrected chi connectivity index (χ1v) is 12.0. The van der Waals surface area contributed by atoms with E-state index in [1.165, 1.54) is 12.1 Å². The maximum Gasteiger partial charge on any atom is 0.289 e. The van der Waals surface area contributed by atoms with Crippen molar-refractivity contribution >= 4 is 44.4 Å². The van der Waals surface area contributed by atoms with Crippen molar-refractivity contribution in [3.63, 3.8) is 0 Å². The summed E-state index contributed by atoms with van der Waals surface area (Å²) in [5, 5.41) is 7.03. The molecule has 3 heterocycles. The van der Waals surface area contributed by atoms with Crippen molar-refractivity contribution in [3.8, 4) is 0 Å². The highest BCUT2D eigenvalue weighted by Crippen LogP contribution is 2.35. The third-order valence-electron chi connectivity index (χ3n) is 5.32. The maximum atomic E-state index is 13.5. The van der Waals surface area contributed by atoms with E-state index in [0.717, 1.165) is 28.7 Å². The number of hydrogen-bond acceptors (Lipinski definition) is 6. The summed E-state index contributed by atoms with van der Waals surface area (Å²) < 4.78 is 39.3. The maximum absolute atomic E-state index is 13.5. The molecule has 4 rings (SSSR count). The predicted octanol–water partition coefficient (Wildman–Crippen LogP) is 3.70. The lowest BCUT2D eigenvalue weighted by molar-refractivity contribution is 0.265. The minimum absolute atomic E-state index is 0.0546. The Morgan fingerprint density at radius 3 is 2.80 bits per heavy atom. The highest BCUT2D eigenvalue weighted by molar-refractivity contribution is 8.18. The smallest absolute Gasteiger partial charge is 0.289 e.